The van der Waals surface area contributed by atoms with Gasteiger partial charge in [-0.1, -0.05) is 0 Å². The average molecular weight is 341 g/mol. The van der Waals surface area contributed by atoms with Gasteiger partial charge in [-0.05, 0) is 20.0 Å². The topological polar surface area (TPSA) is 93.8 Å². The van der Waals surface area contributed by atoms with Crippen molar-refractivity contribution in [2.75, 3.05) is 59.9 Å². The second-order valence-electron chi connectivity index (χ2n) is 5.95. The maximum absolute atomic E-state index is 12.0. The summed E-state index contributed by atoms with van der Waals surface area (Å²) in [5.41, 5.74) is 0. The van der Waals surface area contributed by atoms with Crippen molar-refractivity contribution in [1.29, 1.82) is 0 Å². The summed E-state index contributed by atoms with van der Waals surface area (Å²) in [4.78, 5) is 38.8. The molecule has 1 aliphatic heterocycles. The SMILES string of the molecule is CNCCC(=O)NCCCN1CCN(C(=O)CCC(=O)NC)CC1. The molecule has 0 radical (unpaired) electrons. The van der Waals surface area contributed by atoms with Crippen molar-refractivity contribution in [2.45, 2.75) is 25.7 Å². The lowest BCUT2D eigenvalue weighted by Crippen LogP contribution is -2.49. The molecule has 8 nitrogen and oxygen atoms in total. The van der Waals surface area contributed by atoms with E-state index in [0.717, 1.165) is 26.1 Å². The Hall–Kier alpha value is -1.67. The Bertz CT molecular complexity index is 409. The largest absolute Gasteiger partial charge is 0.359 e. The summed E-state index contributed by atoms with van der Waals surface area (Å²) < 4.78 is 0. The number of rotatable bonds is 10. The van der Waals surface area contributed by atoms with Gasteiger partial charge in [0.05, 0.1) is 0 Å². The van der Waals surface area contributed by atoms with Crippen LogP contribution in [-0.2, 0) is 14.4 Å². The van der Waals surface area contributed by atoms with Crippen LogP contribution in [0.2, 0.25) is 0 Å². The van der Waals surface area contributed by atoms with Crippen LogP contribution in [0.1, 0.15) is 25.7 Å². The summed E-state index contributed by atoms with van der Waals surface area (Å²) >= 11 is 0. The van der Waals surface area contributed by atoms with Crippen LogP contribution in [-0.4, -0.2) is 87.4 Å². The van der Waals surface area contributed by atoms with E-state index in [2.05, 4.69) is 20.9 Å². The fraction of sp³-hybridized carbons (Fsp3) is 0.812. The van der Waals surface area contributed by atoms with Gasteiger partial charge in [-0.15, -0.1) is 0 Å². The van der Waals surface area contributed by atoms with E-state index >= 15 is 0 Å². The van der Waals surface area contributed by atoms with Gasteiger partial charge in [0.25, 0.3) is 0 Å². The molecule has 0 bridgehead atoms. The number of hydrogen-bond donors (Lipinski definition) is 3. The quantitative estimate of drug-likeness (QED) is 0.433. The van der Waals surface area contributed by atoms with Gasteiger partial charge in [-0.3, -0.25) is 19.3 Å². The number of carbonyl (C=O) groups excluding carboxylic acids is 3. The molecule has 3 amide bonds. The summed E-state index contributed by atoms with van der Waals surface area (Å²) in [6.07, 6.45) is 1.95. The standard InChI is InChI=1S/C16H31N5O3/c1-17-8-6-15(23)19-7-3-9-20-10-12-21(13-11-20)16(24)5-4-14(22)18-2/h17H,3-13H2,1-2H3,(H,18,22)(H,19,23). The van der Waals surface area contributed by atoms with Gasteiger partial charge in [-0.2, -0.15) is 0 Å². The molecule has 1 saturated heterocycles. The maximum atomic E-state index is 12.0. The van der Waals surface area contributed by atoms with Gasteiger partial charge in [0, 0.05) is 65.6 Å². The third-order valence-corrected chi connectivity index (χ3v) is 4.15. The van der Waals surface area contributed by atoms with E-state index in [-0.39, 0.29) is 30.6 Å². The van der Waals surface area contributed by atoms with Crippen molar-refractivity contribution < 1.29 is 14.4 Å². The molecule has 0 saturated carbocycles. The van der Waals surface area contributed by atoms with Crippen LogP contribution in [0.3, 0.4) is 0 Å². The second kappa shape index (κ2) is 11.8. The van der Waals surface area contributed by atoms with Crippen LogP contribution < -0.4 is 16.0 Å². The van der Waals surface area contributed by atoms with Gasteiger partial charge in [-0.25, -0.2) is 0 Å². The van der Waals surface area contributed by atoms with E-state index in [4.69, 9.17) is 0 Å². The molecule has 3 N–H and O–H groups in total. The first-order valence-corrected chi connectivity index (χ1v) is 8.68. The van der Waals surface area contributed by atoms with E-state index in [1.807, 2.05) is 11.9 Å². The minimum atomic E-state index is -0.0984. The van der Waals surface area contributed by atoms with E-state index in [1.165, 1.54) is 0 Å². The van der Waals surface area contributed by atoms with Gasteiger partial charge in [0.15, 0.2) is 0 Å². The second-order valence-corrected chi connectivity index (χ2v) is 5.95. The molecule has 0 aromatic rings. The molecule has 1 rings (SSSR count). The highest BCUT2D eigenvalue weighted by Crippen LogP contribution is 2.05. The van der Waals surface area contributed by atoms with Crippen molar-refractivity contribution >= 4 is 17.7 Å². The fourth-order valence-corrected chi connectivity index (χ4v) is 2.58. The van der Waals surface area contributed by atoms with E-state index in [1.54, 1.807) is 7.05 Å². The van der Waals surface area contributed by atoms with Gasteiger partial charge >= 0.3 is 0 Å². The fourth-order valence-electron chi connectivity index (χ4n) is 2.58. The molecule has 1 aliphatic rings. The summed E-state index contributed by atoms with van der Waals surface area (Å²) in [7, 11) is 3.41. The van der Waals surface area contributed by atoms with Crippen LogP contribution in [0.15, 0.2) is 0 Å². The first-order chi connectivity index (χ1) is 11.6. The van der Waals surface area contributed by atoms with Crippen molar-refractivity contribution in [3.05, 3.63) is 0 Å². The van der Waals surface area contributed by atoms with Crippen molar-refractivity contribution in [3.63, 3.8) is 0 Å². The Morgan fingerprint density at radius 3 is 2.21 bits per heavy atom. The number of carbonyl (C=O) groups is 3. The maximum Gasteiger partial charge on any atom is 0.223 e. The number of amides is 3. The Balaban J connectivity index is 2.09. The van der Waals surface area contributed by atoms with Crippen molar-refractivity contribution in [3.8, 4) is 0 Å². The van der Waals surface area contributed by atoms with Crippen LogP contribution in [0.25, 0.3) is 0 Å². The monoisotopic (exact) mass is 341 g/mol. The first-order valence-electron chi connectivity index (χ1n) is 8.68. The van der Waals surface area contributed by atoms with Gasteiger partial charge in [0.2, 0.25) is 17.7 Å². The van der Waals surface area contributed by atoms with Gasteiger partial charge < -0.3 is 20.9 Å². The minimum absolute atomic E-state index is 0.0510. The lowest BCUT2D eigenvalue weighted by Gasteiger charge is -2.34. The van der Waals surface area contributed by atoms with Crippen LogP contribution >= 0.6 is 0 Å². The molecule has 0 unspecified atom stereocenters. The Morgan fingerprint density at radius 1 is 0.875 bits per heavy atom. The Morgan fingerprint density at radius 2 is 1.58 bits per heavy atom. The molecule has 1 fully saturated rings. The molecule has 1 heterocycles. The Kier molecular flexibility index (Phi) is 10.0. The summed E-state index contributed by atoms with van der Waals surface area (Å²) in [6.45, 7) is 5.42. The molecule has 138 valence electrons. The molecule has 0 spiro atoms. The smallest absolute Gasteiger partial charge is 0.223 e. The predicted octanol–water partition coefficient (Wildman–Crippen LogP) is -1.23. The number of hydrogen-bond acceptors (Lipinski definition) is 5. The Labute approximate surface area is 144 Å². The number of nitrogens with zero attached hydrogens (tertiary/aromatic N) is 2. The summed E-state index contributed by atoms with van der Waals surface area (Å²) in [6, 6.07) is 0. The molecule has 0 atom stereocenters. The van der Waals surface area contributed by atoms with Gasteiger partial charge in [0.1, 0.15) is 0 Å². The molecule has 0 aromatic carbocycles. The molecular weight excluding hydrogens is 310 g/mol. The van der Waals surface area contributed by atoms with Crippen molar-refractivity contribution in [1.82, 2.24) is 25.8 Å². The lowest BCUT2D eigenvalue weighted by atomic mass is 10.2. The average Bonchev–Trinajstić information content (AvgIpc) is 2.61. The summed E-state index contributed by atoms with van der Waals surface area (Å²) in [5, 5.41) is 8.38. The van der Waals surface area contributed by atoms with Crippen LogP contribution in [0.5, 0.6) is 0 Å². The number of nitrogens with one attached hydrogen (secondary N) is 3. The van der Waals surface area contributed by atoms with Crippen LogP contribution in [0.4, 0.5) is 0 Å². The molecule has 8 heteroatoms. The van der Waals surface area contributed by atoms with E-state index in [9.17, 15) is 14.4 Å². The predicted molar refractivity (Wildman–Crippen MR) is 92.5 cm³/mol. The molecular formula is C16H31N5O3. The third-order valence-electron chi connectivity index (χ3n) is 4.15. The minimum Gasteiger partial charge on any atom is -0.359 e. The highest BCUT2D eigenvalue weighted by Gasteiger charge is 2.20. The number of piperazine rings is 1. The molecule has 0 aliphatic carbocycles. The zero-order valence-electron chi connectivity index (χ0n) is 14.9. The normalized spacial score (nSPS) is 15.2. The zero-order chi connectivity index (χ0) is 17.8. The first kappa shape index (κ1) is 20.4. The third kappa shape index (κ3) is 8.26. The highest BCUT2D eigenvalue weighted by molar-refractivity contribution is 5.83. The van der Waals surface area contributed by atoms with E-state index < -0.39 is 0 Å². The van der Waals surface area contributed by atoms with Crippen LogP contribution in [0, 0.1) is 0 Å². The molecule has 24 heavy (non-hydrogen) atoms. The highest BCUT2D eigenvalue weighted by atomic mass is 16.2. The zero-order valence-corrected chi connectivity index (χ0v) is 14.9. The molecule has 0 aromatic heterocycles. The van der Waals surface area contributed by atoms with E-state index in [0.29, 0.717) is 32.6 Å². The summed E-state index contributed by atoms with van der Waals surface area (Å²) in [5.74, 6) is 0.0321. The van der Waals surface area contributed by atoms with Crippen molar-refractivity contribution in [2.24, 2.45) is 0 Å². The lowest BCUT2D eigenvalue weighted by molar-refractivity contribution is -0.135.